The molecule has 3 nitrogen and oxygen atoms in total. The number of carbonyl (C=O) groups is 1. The van der Waals surface area contributed by atoms with Crippen molar-refractivity contribution in [3.05, 3.63) is 70.7 Å². The second-order valence-corrected chi connectivity index (χ2v) is 5.11. The van der Waals surface area contributed by atoms with Gasteiger partial charge in [-0.05, 0) is 23.3 Å². The summed E-state index contributed by atoms with van der Waals surface area (Å²) in [4.78, 5) is 11.2. The molecular weight excluding hydrogens is 272 g/mol. The molecule has 0 saturated heterocycles. The zero-order chi connectivity index (χ0) is 13.9. The standard InChI is InChI=1S/C16H13ClN2O/c17-14-8-4-7-13(9-14)16-10-15(18-19(16)11-20)12-5-2-1-3-6-12/h1-9,11,16H,10H2. The number of hydrogen-bond donors (Lipinski definition) is 0. The number of benzene rings is 2. The van der Waals surface area contributed by atoms with E-state index in [1.54, 1.807) is 0 Å². The van der Waals surface area contributed by atoms with Gasteiger partial charge in [0.25, 0.3) is 0 Å². The monoisotopic (exact) mass is 284 g/mol. The van der Waals surface area contributed by atoms with Crippen molar-refractivity contribution in [2.45, 2.75) is 12.5 Å². The molecule has 2 aromatic carbocycles. The Morgan fingerprint density at radius 3 is 2.65 bits per heavy atom. The number of amides is 1. The van der Waals surface area contributed by atoms with E-state index in [-0.39, 0.29) is 6.04 Å². The van der Waals surface area contributed by atoms with Crippen LogP contribution < -0.4 is 0 Å². The summed E-state index contributed by atoms with van der Waals surface area (Å²) in [6.07, 6.45) is 1.46. The number of nitrogens with zero attached hydrogens (tertiary/aromatic N) is 2. The van der Waals surface area contributed by atoms with Gasteiger partial charge < -0.3 is 0 Å². The fraction of sp³-hybridized carbons (Fsp3) is 0.125. The third-order valence-corrected chi connectivity index (χ3v) is 3.63. The first-order chi connectivity index (χ1) is 9.78. The lowest BCUT2D eigenvalue weighted by atomic mass is 9.99. The molecule has 100 valence electrons. The predicted octanol–water partition coefficient (Wildman–Crippen LogP) is 3.65. The van der Waals surface area contributed by atoms with Crippen LogP contribution >= 0.6 is 11.6 Å². The molecule has 0 bridgehead atoms. The second kappa shape index (κ2) is 5.47. The van der Waals surface area contributed by atoms with Gasteiger partial charge in [-0.25, -0.2) is 5.01 Å². The molecule has 1 amide bonds. The third kappa shape index (κ3) is 2.45. The molecule has 1 aliphatic heterocycles. The smallest absolute Gasteiger partial charge is 0.230 e. The van der Waals surface area contributed by atoms with Crippen molar-refractivity contribution in [3.63, 3.8) is 0 Å². The first-order valence-electron chi connectivity index (χ1n) is 6.40. The molecule has 0 aromatic heterocycles. The highest BCUT2D eigenvalue weighted by Crippen LogP contribution is 2.32. The number of carbonyl (C=O) groups excluding carboxylic acids is 1. The highest BCUT2D eigenvalue weighted by molar-refractivity contribution is 6.30. The number of rotatable bonds is 3. The van der Waals surface area contributed by atoms with Gasteiger partial charge >= 0.3 is 0 Å². The molecule has 20 heavy (non-hydrogen) atoms. The zero-order valence-corrected chi connectivity index (χ0v) is 11.5. The Bertz CT molecular complexity index is 655. The van der Waals surface area contributed by atoms with Gasteiger partial charge in [-0.15, -0.1) is 0 Å². The molecule has 0 saturated carbocycles. The van der Waals surface area contributed by atoms with Crippen molar-refractivity contribution < 1.29 is 4.79 Å². The van der Waals surface area contributed by atoms with Crippen molar-refractivity contribution in [1.29, 1.82) is 0 Å². The maximum Gasteiger partial charge on any atom is 0.230 e. The number of halogens is 1. The molecule has 0 spiro atoms. The quantitative estimate of drug-likeness (QED) is 0.792. The highest BCUT2D eigenvalue weighted by Gasteiger charge is 2.28. The maximum atomic E-state index is 11.2. The van der Waals surface area contributed by atoms with Gasteiger partial charge in [0.1, 0.15) is 0 Å². The van der Waals surface area contributed by atoms with Gasteiger partial charge in [0.2, 0.25) is 6.41 Å². The maximum absolute atomic E-state index is 11.2. The summed E-state index contributed by atoms with van der Waals surface area (Å²) in [5, 5.41) is 6.54. The van der Waals surface area contributed by atoms with E-state index < -0.39 is 0 Å². The minimum atomic E-state index is -0.0820. The lowest BCUT2D eigenvalue weighted by molar-refractivity contribution is -0.119. The van der Waals surface area contributed by atoms with E-state index in [1.165, 1.54) is 5.01 Å². The van der Waals surface area contributed by atoms with Crippen LogP contribution in [0.3, 0.4) is 0 Å². The minimum Gasteiger partial charge on any atom is -0.277 e. The average Bonchev–Trinajstić information content (AvgIpc) is 2.92. The fourth-order valence-corrected chi connectivity index (χ4v) is 2.61. The fourth-order valence-electron chi connectivity index (χ4n) is 2.41. The van der Waals surface area contributed by atoms with Crippen LogP contribution in [0.2, 0.25) is 5.02 Å². The molecule has 0 N–H and O–H groups in total. The Morgan fingerprint density at radius 2 is 1.95 bits per heavy atom. The summed E-state index contributed by atoms with van der Waals surface area (Å²) < 4.78 is 0. The van der Waals surface area contributed by atoms with E-state index in [4.69, 9.17) is 11.6 Å². The van der Waals surface area contributed by atoms with Crippen LogP contribution in [0.1, 0.15) is 23.6 Å². The summed E-state index contributed by atoms with van der Waals surface area (Å²) in [5.74, 6) is 0. The molecule has 1 aliphatic rings. The Kier molecular flexibility index (Phi) is 3.52. The van der Waals surface area contributed by atoms with E-state index in [2.05, 4.69) is 5.10 Å². The third-order valence-electron chi connectivity index (χ3n) is 3.39. The lowest BCUT2D eigenvalue weighted by Crippen LogP contribution is -2.17. The van der Waals surface area contributed by atoms with Crippen LogP contribution in [0.5, 0.6) is 0 Å². The van der Waals surface area contributed by atoms with Crippen LogP contribution in [-0.4, -0.2) is 17.1 Å². The van der Waals surface area contributed by atoms with Crippen molar-refractivity contribution in [2.75, 3.05) is 0 Å². The molecule has 2 aromatic rings. The van der Waals surface area contributed by atoms with E-state index in [0.29, 0.717) is 11.4 Å². The van der Waals surface area contributed by atoms with E-state index >= 15 is 0 Å². The highest BCUT2D eigenvalue weighted by atomic mass is 35.5. The Morgan fingerprint density at radius 1 is 1.15 bits per heavy atom. The lowest BCUT2D eigenvalue weighted by Gasteiger charge is -2.17. The molecule has 0 aliphatic carbocycles. The summed E-state index contributed by atoms with van der Waals surface area (Å²) in [6, 6.07) is 17.4. The van der Waals surface area contributed by atoms with Crippen LogP contribution in [0, 0.1) is 0 Å². The van der Waals surface area contributed by atoms with Crippen LogP contribution in [-0.2, 0) is 4.79 Å². The molecule has 4 heteroatoms. The molecular formula is C16H13ClN2O. The summed E-state index contributed by atoms with van der Waals surface area (Å²) in [7, 11) is 0. The molecule has 1 unspecified atom stereocenters. The minimum absolute atomic E-state index is 0.0820. The van der Waals surface area contributed by atoms with Gasteiger partial charge in [0.05, 0.1) is 11.8 Å². The second-order valence-electron chi connectivity index (χ2n) is 4.67. The normalized spacial score (nSPS) is 17.9. The van der Waals surface area contributed by atoms with Gasteiger partial charge in [0.15, 0.2) is 0 Å². The van der Waals surface area contributed by atoms with E-state index in [1.807, 2.05) is 54.6 Å². The summed E-state index contributed by atoms with van der Waals surface area (Å²) in [5.41, 5.74) is 2.96. The summed E-state index contributed by atoms with van der Waals surface area (Å²) >= 11 is 6.02. The SMILES string of the molecule is O=CN1N=C(c2ccccc2)CC1c1cccc(Cl)c1. The number of hydrogen-bond acceptors (Lipinski definition) is 2. The molecule has 0 radical (unpaired) electrons. The van der Waals surface area contributed by atoms with Gasteiger partial charge in [-0.2, -0.15) is 5.10 Å². The Balaban J connectivity index is 1.91. The number of hydrazone groups is 1. The first-order valence-corrected chi connectivity index (χ1v) is 6.78. The van der Waals surface area contributed by atoms with Gasteiger partial charge in [0, 0.05) is 11.4 Å². The van der Waals surface area contributed by atoms with Crippen molar-refractivity contribution in [1.82, 2.24) is 5.01 Å². The van der Waals surface area contributed by atoms with Crippen molar-refractivity contribution in [2.24, 2.45) is 5.10 Å². The van der Waals surface area contributed by atoms with Gasteiger partial charge in [-0.1, -0.05) is 54.1 Å². The largest absolute Gasteiger partial charge is 0.277 e. The summed E-state index contributed by atoms with van der Waals surface area (Å²) in [6.45, 7) is 0. The van der Waals surface area contributed by atoms with Crippen molar-refractivity contribution in [3.8, 4) is 0 Å². The topological polar surface area (TPSA) is 32.7 Å². The van der Waals surface area contributed by atoms with E-state index in [9.17, 15) is 4.79 Å². The average molecular weight is 285 g/mol. The van der Waals surface area contributed by atoms with E-state index in [0.717, 1.165) is 23.2 Å². The Labute approximate surface area is 122 Å². The zero-order valence-electron chi connectivity index (χ0n) is 10.7. The molecule has 3 rings (SSSR count). The predicted molar refractivity (Wildman–Crippen MR) is 79.7 cm³/mol. The van der Waals surface area contributed by atoms with Gasteiger partial charge in [-0.3, -0.25) is 4.79 Å². The first kappa shape index (κ1) is 12.9. The van der Waals surface area contributed by atoms with Crippen LogP contribution in [0.4, 0.5) is 0 Å². The van der Waals surface area contributed by atoms with Crippen LogP contribution in [0.25, 0.3) is 0 Å². The molecule has 1 heterocycles. The Hall–Kier alpha value is -2.13. The van der Waals surface area contributed by atoms with Crippen LogP contribution in [0.15, 0.2) is 59.7 Å². The molecule has 1 atom stereocenters. The van der Waals surface area contributed by atoms with Crippen molar-refractivity contribution >= 4 is 23.7 Å². The molecule has 0 fully saturated rings.